The molecule has 0 fully saturated rings. The van der Waals surface area contributed by atoms with Crippen molar-refractivity contribution in [2.24, 2.45) is 5.92 Å². The molecule has 0 rings (SSSR count). The van der Waals surface area contributed by atoms with Gasteiger partial charge in [0.05, 0.1) is 12.5 Å². The number of rotatable bonds is 7. The van der Waals surface area contributed by atoms with Crippen molar-refractivity contribution >= 4 is 5.97 Å². The molecule has 0 radical (unpaired) electrons. The molecule has 3 heteroatoms. The third-order valence-electron chi connectivity index (χ3n) is 1.91. The van der Waals surface area contributed by atoms with Crippen molar-refractivity contribution in [3.63, 3.8) is 0 Å². The highest BCUT2D eigenvalue weighted by Gasteiger charge is 2.09. The lowest BCUT2D eigenvalue weighted by atomic mass is 10.1. The van der Waals surface area contributed by atoms with Gasteiger partial charge in [0.25, 0.3) is 0 Å². The van der Waals surface area contributed by atoms with Crippen LogP contribution in [-0.4, -0.2) is 23.8 Å². The molecule has 0 saturated carbocycles. The van der Waals surface area contributed by atoms with Crippen molar-refractivity contribution in [3.05, 3.63) is 0 Å². The van der Waals surface area contributed by atoms with Gasteiger partial charge in [-0.05, 0) is 19.3 Å². The van der Waals surface area contributed by atoms with Crippen LogP contribution < -0.4 is 0 Å². The van der Waals surface area contributed by atoms with E-state index in [0.717, 1.165) is 12.8 Å². The Morgan fingerprint density at radius 3 is 2.54 bits per heavy atom. The van der Waals surface area contributed by atoms with E-state index in [1.165, 1.54) is 0 Å². The van der Waals surface area contributed by atoms with Crippen LogP contribution in [0, 0.1) is 5.92 Å². The van der Waals surface area contributed by atoms with E-state index in [1.807, 2.05) is 0 Å². The predicted molar refractivity (Wildman–Crippen MR) is 51.7 cm³/mol. The van der Waals surface area contributed by atoms with E-state index in [1.54, 1.807) is 6.92 Å². The van der Waals surface area contributed by atoms with Crippen LogP contribution in [0.4, 0.5) is 0 Å². The lowest BCUT2D eigenvalue weighted by Gasteiger charge is -2.14. The van der Waals surface area contributed by atoms with Gasteiger partial charge in [-0.25, -0.2) is 0 Å². The van der Waals surface area contributed by atoms with Crippen molar-refractivity contribution in [2.75, 3.05) is 6.61 Å². The lowest BCUT2D eigenvalue weighted by molar-refractivity contribution is -0.140. The third-order valence-corrected chi connectivity index (χ3v) is 1.91. The minimum Gasteiger partial charge on any atom is -0.481 e. The third kappa shape index (κ3) is 7.78. The number of hydrogen-bond acceptors (Lipinski definition) is 2. The highest BCUT2D eigenvalue weighted by Crippen LogP contribution is 2.07. The largest absolute Gasteiger partial charge is 0.481 e. The minimum atomic E-state index is -0.796. The van der Waals surface area contributed by atoms with Gasteiger partial charge < -0.3 is 9.84 Å². The van der Waals surface area contributed by atoms with Gasteiger partial charge in [-0.1, -0.05) is 20.3 Å². The van der Waals surface area contributed by atoms with Crippen LogP contribution in [0.3, 0.4) is 0 Å². The van der Waals surface area contributed by atoms with Gasteiger partial charge in [0.1, 0.15) is 0 Å². The van der Waals surface area contributed by atoms with Gasteiger partial charge in [0.15, 0.2) is 0 Å². The first-order valence-corrected chi connectivity index (χ1v) is 4.89. The Balaban J connectivity index is 3.45. The normalized spacial score (nSPS) is 15.3. The van der Waals surface area contributed by atoms with Crippen molar-refractivity contribution in [1.29, 1.82) is 0 Å². The first kappa shape index (κ1) is 12.4. The fraction of sp³-hybridized carbons (Fsp3) is 0.900. The number of carboxylic acids is 1. The van der Waals surface area contributed by atoms with Crippen LogP contribution in [0.1, 0.15) is 40.0 Å². The zero-order valence-electron chi connectivity index (χ0n) is 8.75. The summed E-state index contributed by atoms with van der Waals surface area (Å²) in [7, 11) is 0. The Morgan fingerprint density at radius 1 is 1.46 bits per heavy atom. The van der Waals surface area contributed by atoms with E-state index in [4.69, 9.17) is 9.84 Å². The summed E-state index contributed by atoms with van der Waals surface area (Å²) in [5.41, 5.74) is 0. The summed E-state index contributed by atoms with van der Waals surface area (Å²) in [6.45, 7) is 6.73. The first-order chi connectivity index (χ1) is 6.06. The molecule has 0 amide bonds. The quantitative estimate of drug-likeness (QED) is 0.666. The van der Waals surface area contributed by atoms with Crippen LogP contribution in [-0.2, 0) is 9.53 Å². The molecule has 3 nitrogen and oxygen atoms in total. The Morgan fingerprint density at radius 2 is 2.08 bits per heavy atom. The maximum absolute atomic E-state index is 10.3. The number of carbonyl (C=O) groups is 1. The van der Waals surface area contributed by atoms with Gasteiger partial charge >= 0.3 is 5.97 Å². The summed E-state index contributed by atoms with van der Waals surface area (Å²) in [5.74, 6) is -0.267. The molecule has 1 N–H and O–H groups in total. The van der Waals surface area contributed by atoms with Crippen molar-refractivity contribution < 1.29 is 14.6 Å². The van der Waals surface area contributed by atoms with Crippen LogP contribution in [0.25, 0.3) is 0 Å². The summed E-state index contributed by atoms with van der Waals surface area (Å²) >= 11 is 0. The topological polar surface area (TPSA) is 46.5 Å². The maximum Gasteiger partial charge on any atom is 0.305 e. The summed E-state index contributed by atoms with van der Waals surface area (Å²) in [6.07, 6.45) is 2.22. The average molecular weight is 188 g/mol. The van der Waals surface area contributed by atoms with E-state index >= 15 is 0 Å². The van der Waals surface area contributed by atoms with E-state index < -0.39 is 5.97 Å². The number of hydrogen-bond donors (Lipinski definition) is 1. The summed E-state index contributed by atoms with van der Waals surface area (Å²) in [5, 5.41) is 8.47. The van der Waals surface area contributed by atoms with Crippen LogP contribution >= 0.6 is 0 Å². The van der Waals surface area contributed by atoms with Crippen LogP contribution in [0.5, 0.6) is 0 Å². The molecule has 2 atom stereocenters. The van der Waals surface area contributed by atoms with E-state index in [2.05, 4.69) is 13.8 Å². The predicted octanol–water partition coefficient (Wildman–Crippen LogP) is 2.30. The molecular formula is C10H20O3. The smallest absolute Gasteiger partial charge is 0.305 e. The summed E-state index contributed by atoms with van der Waals surface area (Å²) in [4.78, 5) is 10.3. The summed E-state index contributed by atoms with van der Waals surface area (Å²) < 4.78 is 5.39. The minimum absolute atomic E-state index is 0.0961. The van der Waals surface area contributed by atoms with Gasteiger partial charge in [-0.15, -0.1) is 0 Å². The maximum atomic E-state index is 10.3. The van der Waals surface area contributed by atoms with Gasteiger partial charge in [-0.3, -0.25) is 4.79 Å². The second-order valence-corrected chi connectivity index (χ2v) is 3.64. The standard InChI is InChI=1S/C10H20O3/c1-4-5-8(2)7-13-9(3)6-10(11)12/h8-9H,4-7H2,1-3H3,(H,11,12)/t8?,9-/m0/s1. The zero-order valence-corrected chi connectivity index (χ0v) is 8.75. The SMILES string of the molecule is CCCC(C)CO[C@@H](C)CC(=O)O. The first-order valence-electron chi connectivity index (χ1n) is 4.89. The molecule has 0 aliphatic carbocycles. The number of ether oxygens (including phenoxy) is 1. The van der Waals surface area contributed by atoms with E-state index in [0.29, 0.717) is 12.5 Å². The highest BCUT2D eigenvalue weighted by atomic mass is 16.5. The van der Waals surface area contributed by atoms with Gasteiger partial charge in [0.2, 0.25) is 0 Å². The molecule has 0 bridgehead atoms. The Hall–Kier alpha value is -0.570. The molecule has 0 aromatic carbocycles. The fourth-order valence-electron chi connectivity index (χ4n) is 1.21. The Kier molecular flexibility index (Phi) is 6.59. The van der Waals surface area contributed by atoms with Gasteiger partial charge in [0, 0.05) is 6.61 Å². The second-order valence-electron chi connectivity index (χ2n) is 3.64. The molecule has 0 saturated heterocycles. The molecule has 0 aliphatic heterocycles. The molecular weight excluding hydrogens is 168 g/mol. The van der Waals surface area contributed by atoms with Crippen molar-refractivity contribution in [1.82, 2.24) is 0 Å². The molecule has 78 valence electrons. The Bertz CT molecular complexity index is 145. The molecule has 13 heavy (non-hydrogen) atoms. The lowest BCUT2D eigenvalue weighted by Crippen LogP contribution is -2.17. The zero-order chi connectivity index (χ0) is 10.3. The molecule has 1 unspecified atom stereocenters. The van der Waals surface area contributed by atoms with Crippen LogP contribution in [0.15, 0.2) is 0 Å². The van der Waals surface area contributed by atoms with Crippen molar-refractivity contribution in [3.8, 4) is 0 Å². The molecule has 0 aromatic rings. The highest BCUT2D eigenvalue weighted by molar-refractivity contribution is 5.67. The van der Waals surface area contributed by atoms with E-state index in [-0.39, 0.29) is 12.5 Å². The van der Waals surface area contributed by atoms with Crippen molar-refractivity contribution in [2.45, 2.75) is 46.1 Å². The fourth-order valence-corrected chi connectivity index (χ4v) is 1.21. The van der Waals surface area contributed by atoms with Gasteiger partial charge in [-0.2, -0.15) is 0 Å². The molecule has 0 spiro atoms. The van der Waals surface area contributed by atoms with Crippen LogP contribution in [0.2, 0.25) is 0 Å². The second kappa shape index (κ2) is 6.89. The molecule has 0 aromatic heterocycles. The summed E-state index contributed by atoms with van der Waals surface area (Å²) in [6, 6.07) is 0. The number of carboxylic acid groups (broad SMARTS) is 1. The average Bonchev–Trinajstić information content (AvgIpc) is 2.00. The Labute approximate surface area is 80.1 Å². The molecule has 0 aliphatic rings. The van der Waals surface area contributed by atoms with E-state index in [9.17, 15) is 4.79 Å². The monoisotopic (exact) mass is 188 g/mol. The molecule has 0 heterocycles. The number of aliphatic carboxylic acids is 1.